The van der Waals surface area contributed by atoms with Crippen molar-refractivity contribution in [2.75, 3.05) is 11.9 Å². The van der Waals surface area contributed by atoms with E-state index in [0.717, 1.165) is 35.5 Å². The Morgan fingerprint density at radius 3 is 2.61 bits per heavy atom. The Hall–Kier alpha value is -3.21. The highest BCUT2D eigenvalue weighted by molar-refractivity contribution is 5.94. The molecule has 3 aromatic rings. The maximum Gasteiger partial charge on any atom is 0.253 e. The van der Waals surface area contributed by atoms with E-state index in [-0.39, 0.29) is 5.91 Å². The van der Waals surface area contributed by atoms with Gasteiger partial charge in [0.05, 0.1) is 11.3 Å². The number of nitrogens with one attached hydrogen (secondary N) is 2. The zero-order valence-electron chi connectivity index (χ0n) is 16.4. The summed E-state index contributed by atoms with van der Waals surface area (Å²) < 4.78 is 0. The van der Waals surface area contributed by atoms with Crippen molar-refractivity contribution in [1.82, 2.24) is 15.3 Å². The topological polar surface area (TPSA) is 66.9 Å². The smallest absolute Gasteiger partial charge is 0.253 e. The van der Waals surface area contributed by atoms with Crippen LogP contribution >= 0.6 is 0 Å². The van der Waals surface area contributed by atoms with E-state index in [9.17, 15) is 4.79 Å². The van der Waals surface area contributed by atoms with Crippen LogP contribution in [0.3, 0.4) is 0 Å². The molecule has 5 heteroatoms. The number of para-hydroxylation sites is 1. The molecule has 0 saturated heterocycles. The molecule has 0 aliphatic heterocycles. The van der Waals surface area contributed by atoms with E-state index in [2.05, 4.69) is 40.5 Å². The lowest BCUT2D eigenvalue weighted by atomic mass is 10.1. The van der Waals surface area contributed by atoms with Crippen molar-refractivity contribution in [3.8, 4) is 11.3 Å². The number of aromatic nitrogens is 2. The molecule has 1 amide bonds. The first kappa shape index (κ1) is 19.5. The van der Waals surface area contributed by atoms with Crippen molar-refractivity contribution in [2.45, 2.75) is 26.8 Å². The van der Waals surface area contributed by atoms with Crippen molar-refractivity contribution in [3.05, 3.63) is 78.2 Å². The van der Waals surface area contributed by atoms with Crippen LogP contribution in [0.15, 0.2) is 67.1 Å². The predicted octanol–water partition coefficient (Wildman–Crippen LogP) is 4.53. The molecule has 0 saturated carbocycles. The molecule has 2 N–H and O–H groups in total. The van der Waals surface area contributed by atoms with Gasteiger partial charge in [-0.2, -0.15) is 0 Å². The third kappa shape index (κ3) is 5.39. The van der Waals surface area contributed by atoms with Crippen LogP contribution in [0, 0.1) is 5.92 Å². The van der Waals surface area contributed by atoms with E-state index in [1.165, 1.54) is 0 Å². The summed E-state index contributed by atoms with van der Waals surface area (Å²) in [6.07, 6.45) is 6.19. The van der Waals surface area contributed by atoms with Gasteiger partial charge in [-0.1, -0.05) is 38.1 Å². The van der Waals surface area contributed by atoms with Gasteiger partial charge in [-0.15, -0.1) is 0 Å². The van der Waals surface area contributed by atoms with E-state index in [1.807, 2.05) is 42.5 Å². The average Bonchev–Trinajstić information content (AvgIpc) is 2.73. The Balaban J connectivity index is 1.66. The predicted molar refractivity (Wildman–Crippen MR) is 113 cm³/mol. The van der Waals surface area contributed by atoms with Crippen LogP contribution in [0.25, 0.3) is 11.3 Å². The Morgan fingerprint density at radius 1 is 1.04 bits per heavy atom. The minimum Gasteiger partial charge on any atom is -0.384 e. The van der Waals surface area contributed by atoms with E-state index in [0.29, 0.717) is 18.0 Å². The molecule has 0 aliphatic carbocycles. The number of benzene rings is 1. The minimum atomic E-state index is -0.147. The number of carbonyl (C=O) groups is 1. The summed E-state index contributed by atoms with van der Waals surface area (Å²) >= 11 is 0. The molecule has 5 nitrogen and oxygen atoms in total. The van der Waals surface area contributed by atoms with Crippen LogP contribution in [0.4, 0.5) is 5.69 Å². The van der Waals surface area contributed by atoms with Gasteiger partial charge < -0.3 is 10.6 Å². The highest BCUT2D eigenvalue weighted by atomic mass is 16.1. The molecular formula is C23H26N4O. The molecule has 0 aliphatic rings. The Bertz CT molecular complexity index is 892. The standard InChI is InChI=1S/C23H26N4O/c1-17(2)11-13-25-21-8-4-3-7-20(21)22-10-9-19(16-26-22)23(28)27-15-18-6-5-12-24-14-18/h3-10,12,14,16-17,25H,11,13,15H2,1-2H3,(H,27,28). The molecule has 0 atom stereocenters. The van der Waals surface area contributed by atoms with Gasteiger partial charge in [0.2, 0.25) is 0 Å². The van der Waals surface area contributed by atoms with Gasteiger partial charge in [0, 0.05) is 42.9 Å². The second-order valence-corrected chi connectivity index (χ2v) is 7.13. The lowest BCUT2D eigenvalue weighted by Gasteiger charge is -2.13. The monoisotopic (exact) mass is 374 g/mol. The molecule has 2 heterocycles. The first-order valence-electron chi connectivity index (χ1n) is 9.60. The van der Waals surface area contributed by atoms with E-state index >= 15 is 0 Å². The number of carbonyl (C=O) groups excluding carboxylic acids is 1. The number of amides is 1. The SMILES string of the molecule is CC(C)CCNc1ccccc1-c1ccc(C(=O)NCc2cccnc2)cn1. The summed E-state index contributed by atoms with van der Waals surface area (Å²) in [6, 6.07) is 15.6. The van der Waals surface area contributed by atoms with Crippen LogP contribution in [-0.2, 0) is 6.54 Å². The lowest BCUT2D eigenvalue weighted by molar-refractivity contribution is 0.0950. The normalized spacial score (nSPS) is 10.7. The maximum atomic E-state index is 12.4. The number of hydrogen-bond donors (Lipinski definition) is 2. The van der Waals surface area contributed by atoms with Crippen LogP contribution in [-0.4, -0.2) is 22.4 Å². The van der Waals surface area contributed by atoms with E-state index in [4.69, 9.17) is 0 Å². The van der Waals surface area contributed by atoms with E-state index < -0.39 is 0 Å². The number of hydrogen-bond acceptors (Lipinski definition) is 4. The number of rotatable bonds is 8. The Morgan fingerprint density at radius 2 is 1.89 bits per heavy atom. The molecule has 3 rings (SSSR count). The minimum absolute atomic E-state index is 0.147. The summed E-state index contributed by atoms with van der Waals surface area (Å²) in [5.41, 5.74) is 4.44. The fourth-order valence-electron chi connectivity index (χ4n) is 2.83. The van der Waals surface area contributed by atoms with Gasteiger partial charge in [0.25, 0.3) is 5.91 Å². The molecule has 2 aromatic heterocycles. The Labute approximate surface area is 166 Å². The fourth-order valence-corrected chi connectivity index (χ4v) is 2.83. The zero-order chi connectivity index (χ0) is 19.8. The first-order chi connectivity index (χ1) is 13.6. The van der Waals surface area contributed by atoms with Gasteiger partial charge in [-0.25, -0.2) is 0 Å². The van der Waals surface area contributed by atoms with Crippen LogP contribution in [0.5, 0.6) is 0 Å². The second kappa shape index (κ2) is 9.65. The van der Waals surface area contributed by atoms with Crippen molar-refractivity contribution in [1.29, 1.82) is 0 Å². The van der Waals surface area contributed by atoms with Crippen LogP contribution in [0.2, 0.25) is 0 Å². The molecule has 0 bridgehead atoms. The van der Waals surface area contributed by atoms with Gasteiger partial charge in [-0.05, 0) is 42.2 Å². The van der Waals surface area contributed by atoms with Gasteiger partial charge in [0.1, 0.15) is 0 Å². The first-order valence-corrected chi connectivity index (χ1v) is 9.60. The van der Waals surface area contributed by atoms with Gasteiger partial charge in [-0.3, -0.25) is 14.8 Å². The number of nitrogens with zero attached hydrogens (tertiary/aromatic N) is 2. The molecular weight excluding hydrogens is 348 g/mol. The maximum absolute atomic E-state index is 12.4. The summed E-state index contributed by atoms with van der Waals surface area (Å²) in [6.45, 7) is 5.79. The zero-order valence-corrected chi connectivity index (χ0v) is 16.4. The largest absolute Gasteiger partial charge is 0.384 e. The average molecular weight is 374 g/mol. The third-order valence-electron chi connectivity index (χ3n) is 4.44. The fraction of sp³-hybridized carbons (Fsp3) is 0.261. The molecule has 0 unspecified atom stereocenters. The summed E-state index contributed by atoms with van der Waals surface area (Å²) in [5, 5.41) is 6.39. The number of pyridine rings is 2. The molecule has 0 radical (unpaired) electrons. The molecule has 0 spiro atoms. The number of anilines is 1. The molecule has 144 valence electrons. The van der Waals surface area contributed by atoms with Crippen LogP contribution in [0.1, 0.15) is 36.2 Å². The Kier molecular flexibility index (Phi) is 6.73. The summed E-state index contributed by atoms with van der Waals surface area (Å²) in [4.78, 5) is 20.9. The van der Waals surface area contributed by atoms with Gasteiger partial charge >= 0.3 is 0 Å². The highest BCUT2D eigenvalue weighted by Gasteiger charge is 2.09. The van der Waals surface area contributed by atoms with Crippen molar-refractivity contribution < 1.29 is 4.79 Å². The second-order valence-electron chi connectivity index (χ2n) is 7.13. The van der Waals surface area contributed by atoms with E-state index in [1.54, 1.807) is 18.6 Å². The van der Waals surface area contributed by atoms with Crippen molar-refractivity contribution >= 4 is 11.6 Å². The molecule has 28 heavy (non-hydrogen) atoms. The molecule has 0 fully saturated rings. The highest BCUT2D eigenvalue weighted by Crippen LogP contribution is 2.26. The third-order valence-corrected chi connectivity index (χ3v) is 4.44. The quantitative estimate of drug-likeness (QED) is 0.608. The summed E-state index contributed by atoms with van der Waals surface area (Å²) in [7, 11) is 0. The van der Waals surface area contributed by atoms with Crippen molar-refractivity contribution in [3.63, 3.8) is 0 Å². The lowest BCUT2D eigenvalue weighted by Crippen LogP contribution is -2.22. The summed E-state index contributed by atoms with van der Waals surface area (Å²) in [5.74, 6) is 0.508. The van der Waals surface area contributed by atoms with Crippen molar-refractivity contribution in [2.24, 2.45) is 5.92 Å². The molecule has 1 aromatic carbocycles. The van der Waals surface area contributed by atoms with Gasteiger partial charge in [0.15, 0.2) is 0 Å². The van der Waals surface area contributed by atoms with Crippen LogP contribution < -0.4 is 10.6 Å².